The molecule has 0 unspecified atom stereocenters. The fraction of sp³-hybridized carbons (Fsp3) is 0.200. The van der Waals surface area contributed by atoms with Crippen LogP contribution < -0.4 is 0 Å². The largest absolute Gasteiger partial charge is 0.135 e. The molecule has 0 atom stereocenters. The van der Waals surface area contributed by atoms with Crippen molar-refractivity contribution in [1.29, 1.82) is 0 Å². The van der Waals surface area contributed by atoms with Crippen LogP contribution in [0, 0.1) is 23.7 Å². The topological polar surface area (TPSA) is 0 Å². The van der Waals surface area contributed by atoms with Gasteiger partial charge in [-0.1, -0.05) is 133 Å². The summed E-state index contributed by atoms with van der Waals surface area (Å²) in [6.45, 7) is 0. The molecule has 51 heavy (non-hydrogen) atoms. The van der Waals surface area contributed by atoms with E-state index in [0.29, 0.717) is 0 Å². The van der Waals surface area contributed by atoms with Crippen LogP contribution >= 0.6 is 11.3 Å². The standard InChI is InChI=1S/C50H38S/c1-2-9-35-29-36(21-18-32(35)8-1)33-16-19-34(20-17-33)47-40(42-13-7-12-41-39-10-4-6-15-46(39)51-49(41)42)22-23-45-48(47)43-11-3-5-14-44(43)50(45)37-25-30-24-31(27-37)28-38(50)26-30/h1-23,29-31,37-38H,24-28H2. The van der Waals surface area contributed by atoms with Crippen LogP contribution in [0.5, 0.6) is 0 Å². The molecule has 1 aromatic heterocycles. The smallest absolute Gasteiger partial charge is 0.0434 e. The molecule has 13 rings (SSSR count). The monoisotopic (exact) mass is 670 g/mol. The first-order valence-corrected chi connectivity index (χ1v) is 19.8. The van der Waals surface area contributed by atoms with E-state index in [2.05, 4.69) is 146 Å². The van der Waals surface area contributed by atoms with E-state index in [1.54, 1.807) is 11.1 Å². The van der Waals surface area contributed by atoms with Crippen LogP contribution in [-0.4, -0.2) is 0 Å². The summed E-state index contributed by atoms with van der Waals surface area (Å²) in [6.07, 6.45) is 7.09. The number of thiophene rings is 1. The van der Waals surface area contributed by atoms with Crippen LogP contribution in [0.4, 0.5) is 0 Å². The van der Waals surface area contributed by atoms with Crippen molar-refractivity contribution in [3.8, 4) is 44.5 Å². The third kappa shape index (κ3) is 3.91. The van der Waals surface area contributed by atoms with Gasteiger partial charge in [0.15, 0.2) is 0 Å². The van der Waals surface area contributed by atoms with Gasteiger partial charge in [-0.2, -0.15) is 0 Å². The minimum Gasteiger partial charge on any atom is -0.135 e. The number of hydrogen-bond acceptors (Lipinski definition) is 1. The van der Waals surface area contributed by atoms with Gasteiger partial charge in [0.2, 0.25) is 0 Å². The van der Waals surface area contributed by atoms with Crippen LogP contribution in [0.3, 0.4) is 0 Å². The first-order valence-electron chi connectivity index (χ1n) is 19.0. The first kappa shape index (κ1) is 28.7. The summed E-state index contributed by atoms with van der Waals surface area (Å²) in [5.74, 6) is 3.36. The van der Waals surface area contributed by atoms with Crippen LogP contribution in [0.1, 0.15) is 43.2 Å². The SMILES string of the molecule is c1ccc2c(c1)-c1c(ccc(-c3cccc4c3sc3ccccc34)c1-c1ccc(-c3ccc4ccccc4c3)cc1)C21C2CC3CC(C2)CC1C3. The molecule has 4 bridgehead atoms. The number of rotatable bonds is 3. The van der Waals surface area contributed by atoms with Gasteiger partial charge in [-0.15, -0.1) is 11.3 Å². The minimum atomic E-state index is 0.140. The molecule has 1 spiro atoms. The van der Waals surface area contributed by atoms with E-state index in [-0.39, 0.29) is 5.41 Å². The second kappa shape index (κ2) is 10.5. The van der Waals surface area contributed by atoms with Gasteiger partial charge < -0.3 is 0 Å². The molecule has 5 aliphatic rings. The summed E-state index contributed by atoms with van der Waals surface area (Å²) in [6, 6.07) is 55.8. The van der Waals surface area contributed by atoms with Gasteiger partial charge in [0.25, 0.3) is 0 Å². The molecule has 244 valence electrons. The lowest BCUT2D eigenvalue weighted by molar-refractivity contribution is -0.0399. The quantitative estimate of drug-likeness (QED) is 0.175. The zero-order valence-electron chi connectivity index (χ0n) is 28.6. The van der Waals surface area contributed by atoms with Crippen LogP contribution in [0.2, 0.25) is 0 Å². The van der Waals surface area contributed by atoms with E-state index in [9.17, 15) is 0 Å². The Kier molecular flexibility index (Phi) is 5.92. The molecule has 0 nitrogen and oxygen atoms in total. The lowest BCUT2D eigenvalue weighted by atomic mass is 9.43. The Morgan fingerprint density at radius 2 is 1.10 bits per heavy atom. The second-order valence-electron chi connectivity index (χ2n) is 16.0. The van der Waals surface area contributed by atoms with Crippen molar-refractivity contribution < 1.29 is 0 Å². The van der Waals surface area contributed by atoms with E-state index in [1.807, 2.05) is 11.3 Å². The molecule has 4 fully saturated rings. The van der Waals surface area contributed by atoms with Gasteiger partial charge in [0.1, 0.15) is 0 Å². The second-order valence-corrected chi connectivity index (χ2v) is 17.1. The van der Waals surface area contributed by atoms with E-state index >= 15 is 0 Å². The van der Waals surface area contributed by atoms with Gasteiger partial charge in [0.05, 0.1) is 0 Å². The fourth-order valence-electron chi connectivity index (χ4n) is 11.9. The number of benzene rings is 7. The van der Waals surface area contributed by atoms with Gasteiger partial charge >= 0.3 is 0 Å². The van der Waals surface area contributed by atoms with Crippen molar-refractivity contribution in [2.45, 2.75) is 37.5 Å². The molecular formula is C50H38S. The zero-order chi connectivity index (χ0) is 33.3. The Morgan fingerprint density at radius 1 is 0.431 bits per heavy atom. The van der Waals surface area contributed by atoms with Gasteiger partial charge in [-0.25, -0.2) is 0 Å². The average molecular weight is 671 g/mol. The van der Waals surface area contributed by atoms with Crippen molar-refractivity contribution in [2.75, 3.05) is 0 Å². The molecule has 8 aromatic rings. The van der Waals surface area contributed by atoms with Crippen LogP contribution in [-0.2, 0) is 5.41 Å². The third-order valence-electron chi connectivity index (χ3n) is 13.7. The van der Waals surface area contributed by atoms with E-state index in [1.165, 1.54) is 108 Å². The molecule has 0 N–H and O–H groups in total. The van der Waals surface area contributed by atoms with Crippen molar-refractivity contribution in [2.24, 2.45) is 23.7 Å². The Hall–Kier alpha value is -4.98. The van der Waals surface area contributed by atoms with Crippen LogP contribution in [0.15, 0.2) is 146 Å². The molecule has 7 aromatic carbocycles. The zero-order valence-corrected chi connectivity index (χ0v) is 29.4. The molecule has 0 radical (unpaired) electrons. The maximum absolute atomic E-state index is 2.60. The summed E-state index contributed by atoms with van der Waals surface area (Å²) in [7, 11) is 0. The highest BCUT2D eigenvalue weighted by Crippen LogP contribution is 2.70. The molecule has 4 saturated carbocycles. The maximum atomic E-state index is 2.60. The molecule has 0 amide bonds. The lowest BCUT2D eigenvalue weighted by Crippen LogP contribution is -2.55. The molecule has 5 aliphatic carbocycles. The third-order valence-corrected chi connectivity index (χ3v) is 14.9. The highest BCUT2D eigenvalue weighted by molar-refractivity contribution is 7.26. The summed E-state index contributed by atoms with van der Waals surface area (Å²) in [5, 5.41) is 5.30. The Labute approximate surface area is 303 Å². The Bertz CT molecular complexity index is 2680. The van der Waals surface area contributed by atoms with E-state index in [4.69, 9.17) is 0 Å². The first-order chi connectivity index (χ1) is 25.2. The van der Waals surface area contributed by atoms with Gasteiger partial charge in [-0.05, 0) is 129 Å². The fourth-order valence-corrected chi connectivity index (χ4v) is 13.2. The summed E-state index contributed by atoms with van der Waals surface area (Å²) in [4.78, 5) is 0. The number of hydrogen-bond donors (Lipinski definition) is 0. The average Bonchev–Trinajstić information content (AvgIpc) is 3.70. The van der Waals surface area contributed by atoms with Crippen molar-refractivity contribution in [3.05, 3.63) is 157 Å². The van der Waals surface area contributed by atoms with Gasteiger partial charge in [-0.3, -0.25) is 0 Å². The molecule has 0 saturated heterocycles. The summed E-state index contributed by atoms with van der Waals surface area (Å²) >= 11 is 1.95. The molecule has 1 heterocycles. The highest BCUT2D eigenvalue weighted by Gasteiger charge is 2.61. The van der Waals surface area contributed by atoms with Crippen LogP contribution in [0.25, 0.3) is 75.5 Å². The highest BCUT2D eigenvalue weighted by atomic mass is 32.1. The predicted molar refractivity (Wildman–Crippen MR) is 216 cm³/mol. The molecular weight excluding hydrogens is 633 g/mol. The normalized spacial score (nSPS) is 24.2. The summed E-state index contributed by atoms with van der Waals surface area (Å²) in [5.41, 5.74) is 14.4. The van der Waals surface area contributed by atoms with E-state index < -0.39 is 0 Å². The van der Waals surface area contributed by atoms with E-state index in [0.717, 1.165) is 23.7 Å². The Morgan fingerprint density at radius 3 is 1.94 bits per heavy atom. The number of fused-ring (bicyclic) bond motifs is 7. The van der Waals surface area contributed by atoms with Crippen molar-refractivity contribution in [3.63, 3.8) is 0 Å². The van der Waals surface area contributed by atoms with Gasteiger partial charge in [0, 0.05) is 31.2 Å². The molecule has 0 aliphatic heterocycles. The minimum absolute atomic E-state index is 0.140. The predicted octanol–water partition coefficient (Wildman–Crippen LogP) is 13.9. The molecule has 1 heteroatoms. The Balaban J connectivity index is 1.12. The van der Waals surface area contributed by atoms with Crippen molar-refractivity contribution in [1.82, 2.24) is 0 Å². The summed E-state index contributed by atoms with van der Waals surface area (Å²) < 4.78 is 2.75. The maximum Gasteiger partial charge on any atom is 0.0434 e. The lowest BCUT2D eigenvalue weighted by Gasteiger charge is -2.61. The van der Waals surface area contributed by atoms with Crippen molar-refractivity contribution >= 4 is 42.3 Å².